The van der Waals surface area contributed by atoms with E-state index in [1.807, 2.05) is 25.0 Å². The van der Waals surface area contributed by atoms with Crippen molar-refractivity contribution < 1.29 is 9.59 Å². The fourth-order valence-electron chi connectivity index (χ4n) is 15.6. The Bertz CT molecular complexity index is 3790. The van der Waals surface area contributed by atoms with Gasteiger partial charge >= 0.3 is 0 Å². The minimum atomic E-state index is -0.639. The van der Waals surface area contributed by atoms with Gasteiger partial charge in [-0.25, -0.2) is 9.97 Å². The number of fused-ring (bicyclic) bond motifs is 2. The predicted octanol–water partition coefficient (Wildman–Crippen LogP) is 17.6. The van der Waals surface area contributed by atoms with E-state index >= 15 is 0 Å². The van der Waals surface area contributed by atoms with Crippen molar-refractivity contribution in [3.8, 4) is 11.3 Å². The lowest BCUT2D eigenvalue weighted by Gasteiger charge is -2.38. The number of hydrogen-bond acceptors (Lipinski definition) is 4. The number of benzene rings is 8. The van der Waals surface area contributed by atoms with E-state index < -0.39 is 11.1 Å². The van der Waals surface area contributed by atoms with Crippen LogP contribution in [0.5, 0.6) is 0 Å². The van der Waals surface area contributed by atoms with Crippen molar-refractivity contribution in [2.45, 2.75) is 108 Å². The standard InChI is InChI=1S/C40H41N3O.C23H20N2.C18H24INO/c1-3-4-5-15-25-42-28-35-37(38(42)44)39(35,2)34-24-16-17-30(26-34)36-27-41-29-43(36)40(31-18-9-6-10-19-31,32-20-11-7-12-21-32)33-22-13-8-14-23-33;1-19-17-24-18-25(19)23(20-11-5-2-6-12-20,21-13-7-3-8-14-21)22-15-9-4-10-16-22;1-3-4-5-6-10-20-12-15-16(17(20)21)18(15,2)13-8-7-9-14(19)11-13/h6-14,16-24,26-27,29,35,37H,3-5,15,25,28H2,1-2H3;2-18H,1H3;7-9,11,15-16H,3-6,10,12H2,1-2H3. The minimum Gasteiger partial charge on any atom is -0.342 e. The quantitative estimate of drug-likeness (QED) is 0.0408. The maximum atomic E-state index is 13.5. The number of piperidine rings is 2. The van der Waals surface area contributed by atoms with E-state index in [1.54, 1.807) is 0 Å². The second-order valence-corrected chi connectivity index (χ2v) is 26.9. The first-order chi connectivity index (χ1) is 44.0. The third-order valence-corrected chi connectivity index (χ3v) is 21.2. The predicted molar refractivity (Wildman–Crippen MR) is 373 cm³/mol. The first kappa shape index (κ1) is 62.1. The van der Waals surface area contributed by atoms with Crippen molar-refractivity contribution in [2.75, 3.05) is 26.2 Å². The van der Waals surface area contributed by atoms with Gasteiger partial charge in [0.1, 0.15) is 11.1 Å². The number of rotatable bonds is 21. The van der Waals surface area contributed by atoms with E-state index in [0.29, 0.717) is 23.7 Å². The molecule has 8 nitrogen and oxygen atoms in total. The Kier molecular flexibility index (Phi) is 18.7. The zero-order chi connectivity index (χ0) is 62.3. The van der Waals surface area contributed by atoms with Crippen molar-refractivity contribution in [3.63, 3.8) is 0 Å². The summed E-state index contributed by atoms with van der Waals surface area (Å²) in [6.07, 6.45) is 17.6. The zero-order valence-electron chi connectivity index (χ0n) is 52.9. The van der Waals surface area contributed by atoms with Crippen LogP contribution in [0.3, 0.4) is 0 Å². The molecule has 2 saturated carbocycles. The maximum Gasteiger partial charge on any atom is 0.226 e. The minimum absolute atomic E-state index is 0.0888. The average Bonchev–Trinajstić information content (AvgIpc) is 1.51. The topological polar surface area (TPSA) is 76.3 Å². The summed E-state index contributed by atoms with van der Waals surface area (Å²) in [6, 6.07) is 81.7. The first-order valence-electron chi connectivity index (χ1n) is 32.8. The van der Waals surface area contributed by atoms with Crippen molar-refractivity contribution in [1.29, 1.82) is 0 Å². The molecule has 2 amide bonds. The van der Waals surface area contributed by atoms with Crippen LogP contribution in [0.15, 0.2) is 256 Å². The maximum absolute atomic E-state index is 13.5. The van der Waals surface area contributed by atoms with E-state index in [9.17, 15) is 9.59 Å². The smallest absolute Gasteiger partial charge is 0.226 e. The van der Waals surface area contributed by atoms with Crippen LogP contribution in [-0.4, -0.2) is 66.9 Å². The largest absolute Gasteiger partial charge is 0.342 e. The highest BCUT2D eigenvalue weighted by molar-refractivity contribution is 14.1. The fourth-order valence-corrected chi connectivity index (χ4v) is 16.1. The lowest BCUT2D eigenvalue weighted by molar-refractivity contribution is -0.131. The van der Waals surface area contributed by atoms with E-state index in [2.05, 4.69) is 312 Å². The van der Waals surface area contributed by atoms with Crippen LogP contribution in [0, 0.1) is 34.2 Å². The Morgan fingerprint density at radius 2 is 0.811 bits per heavy atom. The molecular weight excluding hydrogens is 1220 g/mol. The summed E-state index contributed by atoms with van der Waals surface area (Å²) in [7, 11) is 0. The molecule has 2 aliphatic heterocycles. The molecule has 2 aromatic heterocycles. The molecule has 10 aromatic rings. The van der Waals surface area contributed by atoms with E-state index in [4.69, 9.17) is 4.98 Å². The average molecular weight is 1300 g/mol. The molecule has 0 N–H and O–H groups in total. The van der Waals surface area contributed by atoms with Gasteiger partial charge in [-0.05, 0) is 117 Å². The van der Waals surface area contributed by atoms with Gasteiger partial charge in [0.25, 0.3) is 0 Å². The number of halogens is 1. The Hall–Kier alpha value is -8.15. The summed E-state index contributed by atoms with van der Waals surface area (Å²) in [4.78, 5) is 39.5. The van der Waals surface area contributed by atoms with Crippen LogP contribution >= 0.6 is 22.6 Å². The Morgan fingerprint density at radius 1 is 0.444 bits per heavy atom. The number of nitrogens with zero attached hydrogens (tertiary/aromatic N) is 6. The molecule has 4 fully saturated rings. The molecule has 8 aromatic carbocycles. The number of carbonyl (C=O) groups excluding carboxylic acids is 2. The number of aromatic nitrogens is 4. The van der Waals surface area contributed by atoms with Gasteiger partial charge < -0.3 is 18.9 Å². The molecule has 4 heterocycles. The van der Waals surface area contributed by atoms with Gasteiger partial charge in [0.2, 0.25) is 11.8 Å². The fraction of sp³-hybridized carbons (Fsp3) is 0.309. The van der Waals surface area contributed by atoms with Gasteiger partial charge in [-0.1, -0.05) is 279 Å². The third kappa shape index (κ3) is 11.5. The van der Waals surface area contributed by atoms with Gasteiger partial charge in [0, 0.05) is 58.0 Å². The molecule has 6 unspecified atom stereocenters. The van der Waals surface area contributed by atoms with Crippen LogP contribution in [0.2, 0.25) is 0 Å². The number of likely N-dealkylation sites (tertiary alicyclic amines) is 2. The monoisotopic (exact) mass is 1300 g/mol. The number of aryl methyl sites for hydroxylation is 1. The molecule has 4 aliphatic rings. The van der Waals surface area contributed by atoms with E-state index in [1.165, 1.54) is 93.0 Å². The molecule has 2 saturated heterocycles. The summed E-state index contributed by atoms with van der Waals surface area (Å²) in [5.74, 6) is 2.00. The molecule has 458 valence electrons. The zero-order valence-corrected chi connectivity index (χ0v) is 55.1. The van der Waals surface area contributed by atoms with Crippen molar-refractivity contribution in [2.24, 2.45) is 23.7 Å². The van der Waals surface area contributed by atoms with Crippen molar-refractivity contribution in [1.82, 2.24) is 28.9 Å². The lowest BCUT2D eigenvalue weighted by Crippen LogP contribution is -2.38. The molecule has 6 atom stereocenters. The summed E-state index contributed by atoms with van der Waals surface area (Å²) in [5.41, 5.74) is 11.9. The highest BCUT2D eigenvalue weighted by Gasteiger charge is 2.71. The molecular formula is C81H85IN6O2. The first-order valence-corrected chi connectivity index (χ1v) is 33.9. The number of amides is 2. The van der Waals surface area contributed by atoms with Crippen LogP contribution in [-0.2, 0) is 31.5 Å². The second-order valence-electron chi connectivity index (χ2n) is 25.7. The van der Waals surface area contributed by atoms with Crippen LogP contribution in [0.1, 0.15) is 129 Å². The SMILES string of the molecule is CCCCCCN1CC2C(C1=O)C2(C)c1cccc(-c2cncn2C(c2ccccc2)(c2ccccc2)c2ccccc2)c1.CCCCCCN1CC2C(C1=O)C2(C)c1cccc(I)c1.Cc1cncn1C(c1ccccc1)(c1ccccc1)c1ccccc1. The van der Waals surface area contributed by atoms with Crippen LogP contribution in [0.4, 0.5) is 0 Å². The van der Waals surface area contributed by atoms with E-state index in [-0.39, 0.29) is 22.7 Å². The van der Waals surface area contributed by atoms with Crippen LogP contribution in [0.25, 0.3) is 11.3 Å². The number of hydrogen-bond donors (Lipinski definition) is 0. The Morgan fingerprint density at radius 3 is 1.17 bits per heavy atom. The van der Waals surface area contributed by atoms with Gasteiger partial charge in [-0.2, -0.15) is 0 Å². The molecule has 9 heteroatoms. The normalized spacial score (nSPS) is 20.6. The number of imidazole rings is 2. The molecule has 0 spiro atoms. The van der Waals surface area contributed by atoms with Crippen molar-refractivity contribution >= 4 is 34.4 Å². The second kappa shape index (κ2) is 27.1. The summed E-state index contributed by atoms with van der Waals surface area (Å²) >= 11 is 2.36. The highest BCUT2D eigenvalue weighted by atomic mass is 127. The lowest BCUT2D eigenvalue weighted by atomic mass is 9.76. The third-order valence-electron chi connectivity index (χ3n) is 20.5. The van der Waals surface area contributed by atoms with Gasteiger partial charge in [-0.15, -0.1) is 0 Å². The molecule has 0 radical (unpaired) electrons. The molecule has 90 heavy (non-hydrogen) atoms. The molecule has 14 rings (SSSR count). The van der Waals surface area contributed by atoms with Crippen LogP contribution < -0.4 is 0 Å². The Labute approximate surface area is 547 Å². The molecule has 2 aliphatic carbocycles. The number of unbranched alkanes of at least 4 members (excludes halogenated alkanes) is 6. The van der Waals surface area contributed by atoms with Gasteiger partial charge in [-0.3, -0.25) is 9.59 Å². The van der Waals surface area contributed by atoms with Crippen molar-refractivity contribution in [3.05, 3.63) is 309 Å². The number of carbonyl (C=O) groups is 2. The highest BCUT2D eigenvalue weighted by Crippen LogP contribution is 2.65. The summed E-state index contributed by atoms with van der Waals surface area (Å²) in [6.45, 7) is 14.9. The molecule has 0 bridgehead atoms. The summed E-state index contributed by atoms with van der Waals surface area (Å²) < 4.78 is 5.87. The Balaban J connectivity index is 0.000000144. The van der Waals surface area contributed by atoms with Gasteiger partial charge in [0.05, 0.1) is 36.4 Å². The van der Waals surface area contributed by atoms with E-state index in [0.717, 1.165) is 49.6 Å². The summed E-state index contributed by atoms with van der Waals surface area (Å²) in [5, 5.41) is 0. The van der Waals surface area contributed by atoms with Gasteiger partial charge in [0.15, 0.2) is 0 Å².